The summed E-state index contributed by atoms with van der Waals surface area (Å²) < 4.78 is 5.54. The van der Waals surface area contributed by atoms with Gasteiger partial charge in [0, 0.05) is 12.3 Å². The summed E-state index contributed by atoms with van der Waals surface area (Å²) in [6.07, 6.45) is 3.07. The van der Waals surface area contributed by atoms with Crippen LogP contribution in [0.1, 0.15) is 5.69 Å². The van der Waals surface area contributed by atoms with Crippen molar-refractivity contribution < 1.29 is 4.74 Å². The topological polar surface area (TPSA) is 86.0 Å². The average Bonchev–Trinajstić information content (AvgIpc) is 2.32. The van der Waals surface area contributed by atoms with Crippen LogP contribution >= 0.6 is 0 Å². The molecule has 0 atom stereocenters. The second-order valence-corrected chi connectivity index (χ2v) is 3.07. The molecule has 0 radical (unpaired) electrons. The second kappa shape index (κ2) is 4.54. The lowest BCUT2D eigenvalue weighted by molar-refractivity contribution is 0.455. The molecule has 82 valence electrons. The fraction of sp³-hybridized carbons (Fsp3) is 0.100. The molecule has 0 aliphatic carbocycles. The summed E-state index contributed by atoms with van der Waals surface area (Å²) in [5.41, 5.74) is 3.22. The van der Waals surface area contributed by atoms with Crippen LogP contribution in [0.4, 0.5) is 5.82 Å². The van der Waals surface area contributed by atoms with Crippen LogP contribution < -0.4 is 16.0 Å². The molecule has 0 aliphatic rings. The molecule has 0 bridgehead atoms. The van der Waals surface area contributed by atoms with Crippen LogP contribution in [0.2, 0.25) is 0 Å². The molecule has 6 nitrogen and oxygen atoms in total. The summed E-state index contributed by atoms with van der Waals surface area (Å²) in [5.74, 6) is 6.80. The molecule has 0 saturated heterocycles. The first-order valence-corrected chi connectivity index (χ1v) is 4.68. The van der Waals surface area contributed by atoms with Gasteiger partial charge in [0.25, 0.3) is 0 Å². The van der Waals surface area contributed by atoms with E-state index in [2.05, 4.69) is 20.4 Å². The van der Waals surface area contributed by atoms with Gasteiger partial charge in [-0.3, -0.25) is 4.98 Å². The largest absolute Gasteiger partial charge is 0.437 e. The van der Waals surface area contributed by atoms with E-state index in [1.165, 1.54) is 6.33 Å². The Kier molecular flexibility index (Phi) is 2.93. The van der Waals surface area contributed by atoms with Gasteiger partial charge in [0.2, 0.25) is 5.88 Å². The van der Waals surface area contributed by atoms with Crippen LogP contribution in [0.5, 0.6) is 11.6 Å². The lowest BCUT2D eigenvalue weighted by Crippen LogP contribution is -2.08. The van der Waals surface area contributed by atoms with Crippen LogP contribution in [0.15, 0.2) is 30.7 Å². The normalized spacial score (nSPS) is 9.88. The van der Waals surface area contributed by atoms with E-state index in [0.717, 1.165) is 5.69 Å². The molecule has 0 fully saturated rings. The van der Waals surface area contributed by atoms with E-state index in [0.29, 0.717) is 17.4 Å². The Morgan fingerprint density at radius 3 is 2.94 bits per heavy atom. The molecule has 3 N–H and O–H groups in total. The first-order valence-electron chi connectivity index (χ1n) is 4.68. The van der Waals surface area contributed by atoms with E-state index in [4.69, 9.17) is 10.6 Å². The van der Waals surface area contributed by atoms with Gasteiger partial charge < -0.3 is 10.2 Å². The van der Waals surface area contributed by atoms with Gasteiger partial charge in [-0.25, -0.2) is 15.8 Å². The van der Waals surface area contributed by atoms with Crippen molar-refractivity contribution in [3.8, 4) is 11.6 Å². The minimum Gasteiger partial charge on any atom is -0.437 e. The maximum absolute atomic E-state index is 5.54. The zero-order valence-corrected chi connectivity index (χ0v) is 8.71. The summed E-state index contributed by atoms with van der Waals surface area (Å²) in [5, 5.41) is 0. The molecule has 2 aromatic rings. The van der Waals surface area contributed by atoms with Crippen molar-refractivity contribution in [1.29, 1.82) is 0 Å². The van der Waals surface area contributed by atoms with Crippen molar-refractivity contribution in [2.45, 2.75) is 6.92 Å². The van der Waals surface area contributed by atoms with E-state index in [1.54, 1.807) is 18.3 Å². The average molecular weight is 217 g/mol. The van der Waals surface area contributed by atoms with Crippen molar-refractivity contribution in [3.05, 3.63) is 36.4 Å². The number of nitrogens with one attached hydrogen (secondary N) is 1. The van der Waals surface area contributed by atoms with Crippen LogP contribution in [0.25, 0.3) is 0 Å². The third-order valence-corrected chi connectivity index (χ3v) is 1.96. The number of aromatic nitrogens is 3. The molecule has 2 aromatic heterocycles. The van der Waals surface area contributed by atoms with Crippen molar-refractivity contribution in [3.63, 3.8) is 0 Å². The first-order chi connectivity index (χ1) is 7.79. The predicted octanol–water partition coefficient (Wildman–Crippen LogP) is 1.26. The zero-order valence-electron chi connectivity index (χ0n) is 8.71. The number of hydrazine groups is 1. The number of anilines is 1. The summed E-state index contributed by atoms with van der Waals surface area (Å²) in [7, 11) is 0. The number of nitrogens with two attached hydrogens (primary N) is 1. The summed E-state index contributed by atoms with van der Waals surface area (Å²) in [4.78, 5) is 12.0. The Labute approximate surface area is 92.5 Å². The Balaban J connectivity index is 2.24. The van der Waals surface area contributed by atoms with Gasteiger partial charge >= 0.3 is 0 Å². The molecule has 0 aliphatic heterocycles. The number of nitrogen functional groups attached to an aromatic ring is 1. The van der Waals surface area contributed by atoms with Crippen molar-refractivity contribution in [2.24, 2.45) is 5.84 Å². The monoisotopic (exact) mass is 217 g/mol. The van der Waals surface area contributed by atoms with Crippen molar-refractivity contribution in [2.75, 3.05) is 5.43 Å². The molecule has 0 amide bonds. The molecular weight excluding hydrogens is 206 g/mol. The molecular formula is C10H11N5O. The fourth-order valence-electron chi connectivity index (χ4n) is 1.16. The number of rotatable bonds is 3. The fourth-order valence-corrected chi connectivity index (χ4v) is 1.16. The second-order valence-electron chi connectivity index (χ2n) is 3.07. The number of pyridine rings is 1. The van der Waals surface area contributed by atoms with Crippen LogP contribution in [-0.2, 0) is 0 Å². The molecule has 0 unspecified atom stereocenters. The Morgan fingerprint density at radius 2 is 2.19 bits per heavy atom. The third-order valence-electron chi connectivity index (χ3n) is 1.96. The van der Waals surface area contributed by atoms with E-state index >= 15 is 0 Å². The van der Waals surface area contributed by atoms with E-state index in [1.807, 2.05) is 13.0 Å². The SMILES string of the molecule is Cc1ncccc1Oc1cc(NN)ncn1. The lowest BCUT2D eigenvalue weighted by atomic mass is 10.3. The molecule has 0 aromatic carbocycles. The van der Waals surface area contributed by atoms with Crippen LogP contribution in [0.3, 0.4) is 0 Å². The zero-order chi connectivity index (χ0) is 11.4. The van der Waals surface area contributed by atoms with Gasteiger partial charge in [0.1, 0.15) is 12.1 Å². The van der Waals surface area contributed by atoms with E-state index < -0.39 is 0 Å². The van der Waals surface area contributed by atoms with Crippen LogP contribution in [0, 0.1) is 6.92 Å². The number of hydrogen-bond acceptors (Lipinski definition) is 6. The number of nitrogens with zero attached hydrogens (tertiary/aromatic N) is 3. The summed E-state index contributed by atoms with van der Waals surface area (Å²) in [6.45, 7) is 1.86. The van der Waals surface area contributed by atoms with E-state index in [9.17, 15) is 0 Å². The van der Waals surface area contributed by atoms with Gasteiger partial charge in [-0.05, 0) is 19.1 Å². The standard InChI is InChI=1S/C10H11N5O/c1-7-8(3-2-4-12-7)16-10-5-9(15-11)13-6-14-10/h2-6H,11H2,1H3,(H,13,14,15). The molecule has 6 heteroatoms. The highest BCUT2D eigenvalue weighted by Gasteiger charge is 2.03. The van der Waals surface area contributed by atoms with E-state index in [-0.39, 0.29) is 0 Å². The maximum atomic E-state index is 5.54. The summed E-state index contributed by atoms with van der Waals surface area (Å²) >= 11 is 0. The Bertz CT molecular complexity index is 488. The van der Waals surface area contributed by atoms with Gasteiger partial charge in [0.05, 0.1) is 5.69 Å². The summed E-state index contributed by atoms with van der Waals surface area (Å²) in [6, 6.07) is 5.22. The minimum atomic E-state index is 0.416. The van der Waals surface area contributed by atoms with Gasteiger partial charge in [-0.2, -0.15) is 0 Å². The number of ether oxygens (including phenoxy) is 1. The lowest BCUT2D eigenvalue weighted by Gasteiger charge is -2.07. The minimum absolute atomic E-state index is 0.416. The van der Waals surface area contributed by atoms with Crippen molar-refractivity contribution in [1.82, 2.24) is 15.0 Å². The Hall–Kier alpha value is -2.21. The molecule has 0 saturated carbocycles. The first kappa shape index (κ1) is 10.3. The molecule has 0 spiro atoms. The third kappa shape index (κ3) is 2.23. The quantitative estimate of drug-likeness (QED) is 0.594. The predicted molar refractivity (Wildman–Crippen MR) is 58.9 cm³/mol. The highest BCUT2D eigenvalue weighted by Crippen LogP contribution is 2.22. The highest BCUT2D eigenvalue weighted by atomic mass is 16.5. The Morgan fingerprint density at radius 1 is 1.31 bits per heavy atom. The number of hydrogen-bond donors (Lipinski definition) is 2. The van der Waals surface area contributed by atoms with Gasteiger partial charge in [-0.15, -0.1) is 0 Å². The molecule has 2 rings (SSSR count). The van der Waals surface area contributed by atoms with Crippen LogP contribution in [-0.4, -0.2) is 15.0 Å². The van der Waals surface area contributed by atoms with Gasteiger partial charge in [0.15, 0.2) is 5.75 Å². The molecule has 16 heavy (non-hydrogen) atoms. The smallest absolute Gasteiger partial charge is 0.224 e. The van der Waals surface area contributed by atoms with Gasteiger partial charge in [-0.1, -0.05) is 0 Å². The van der Waals surface area contributed by atoms with Crippen molar-refractivity contribution >= 4 is 5.82 Å². The molecule has 2 heterocycles. The number of aryl methyl sites for hydroxylation is 1. The highest BCUT2D eigenvalue weighted by molar-refractivity contribution is 5.38. The maximum Gasteiger partial charge on any atom is 0.224 e.